The largest absolute Gasteiger partial charge is 0.355 e. The summed E-state index contributed by atoms with van der Waals surface area (Å²) in [5, 5.41) is 6.81. The summed E-state index contributed by atoms with van der Waals surface area (Å²) in [5.74, 6) is 0.809. The Morgan fingerprint density at radius 2 is 1.65 bits per heavy atom. The maximum atomic E-state index is 14.0. The van der Waals surface area contributed by atoms with Crippen molar-refractivity contribution in [3.8, 4) is 11.4 Å². The second-order valence-corrected chi connectivity index (χ2v) is 8.50. The highest BCUT2D eigenvalue weighted by Gasteiger charge is 2.21. The van der Waals surface area contributed by atoms with Crippen LogP contribution >= 0.6 is 0 Å². The van der Waals surface area contributed by atoms with Crippen LogP contribution in [0.15, 0.2) is 79.3 Å². The second-order valence-electron chi connectivity index (χ2n) is 8.50. The molecule has 3 heterocycles. The van der Waals surface area contributed by atoms with E-state index >= 15 is 0 Å². The van der Waals surface area contributed by atoms with Crippen LogP contribution in [0, 0.1) is 0 Å². The van der Waals surface area contributed by atoms with Gasteiger partial charge in [0.15, 0.2) is 0 Å². The summed E-state index contributed by atoms with van der Waals surface area (Å²) in [7, 11) is 0. The molecule has 1 aliphatic carbocycles. The standard InChI is InChI=1S/C27H23FN6/c28-18-3-7-23-22(15-18)24(11-14-30-23)32-19-4-1-17(2-5-19)27-33-25-8-6-21(16-26(25)34-27)31-20-9-12-29-13-10-20/h1-2,4-6,8-14,16,18H,3,7,15H2,(H,29,31)(H,30,32)(H,33,34). The summed E-state index contributed by atoms with van der Waals surface area (Å²) in [5.41, 5.74) is 8.66. The molecule has 0 fully saturated rings. The Morgan fingerprint density at radius 1 is 0.853 bits per heavy atom. The molecule has 1 aliphatic rings. The number of H-pyrrole nitrogens is 1. The number of aromatic nitrogens is 4. The van der Waals surface area contributed by atoms with Crippen molar-refractivity contribution in [2.45, 2.75) is 25.4 Å². The molecule has 3 aromatic heterocycles. The minimum absolute atomic E-state index is 0.417. The van der Waals surface area contributed by atoms with Gasteiger partial charge in [0.2, 0.25) is 0 Å². The highest BCUT2D eigenvalue weighted by atomic mass is 19.1. The third-order valence-corrected chi connectivity index (χ3v) is 6.15. The number of aromatic amines is 1. The lowest BCUT2D eigenvalue weighted by molar-refractivity contribution is 0.300. The van der Waals surface area contributed by atoms with E-state index in [1.807, 2.05) is 60.7 Å². The van der Waals surface area contributed by atoms with E-state index in [0.717, 1.165) is 56.4 Å². The zero-order valence-corrected chi connectivity index (χ0v) is 18.4. The summed E-state index contributed by atoms with van der Waals surface area (Å²) in [4.78, 5) is 16.6. The van der Waals surface area contributed by atoms with Crippen LogP contribution in [-0.4, -0.2) is 26.1 Å². The van der Waals surface area contributed by atoms with Gasteiger partial charge in [0.05, 0.1) is 11.0 Å². The fraction of sp³-hybridized carbons (Fsp3) is 0.148. The van der Waals surface area contributed by atoms with Crippen molar-refractivity contribution in [3.05, 3.63) is 90.5 Å². The van der Waals surface area contributed by atoms with Crippen molar-refractivity contribution in [3.63, 3.8) is 0 Å². The van der Waals surface area contributed by atoms with E-state index in [1.54, 1.807) is 18.6 Å². The van der Waals surface area contributed by atoms with Crippen molar-refractivity contribution in [2.75, 3.05) is 10.6 Å². The number of halogens is 1. The molecule has 7 heteroatoms. The summed E-state index contributed by atoms with van der Waals surface area (Å²) >= 11 is 0. The summed E-state index contributed by atoms with van der Waals surface area (Å²) in [6, 6.07) is 19.9. The number of anilines is 4. The molecule has 0 saturated heterocycles. The van der Waals surface area contributed by atoms with Crippen LogP contribution in [0.25, 0.3) is 22.4 Å². The molecular weight excluding hydrogens is 427 g/mol. The van der Waals surface area contributed by atoms with Gasteiger partial charge in [-0.1, -0.05) is 0 Å². The lowest BCUT2D eigenvalue weighted by Crippen LogP contribution is -2.17. The lowest BCUT2D eigenvalue weighted by Gasteiger charge is -2.21. The monoisotopic (exact) mass is 450 g/mol. The van der Waals surface area contributed by atoms with E-state index in [0.29, 0.717) is 19.3 Å². The molecule has 0 saturated carbocycles. The van der Waals surface area contributed by atoms with Gasteiger partial charge in [-0.15, -0.1) is 0 Å². The van der Waals surface area contributed by atoms with E-state index in [-0.39, 0.29) is 0 Å². The second kappa shape index (κ2) is 8.59. The van der Waals surface area contributed by atoms with E-state index in [9.17, 15) is 4.39 Å². The molecule has 0 radical (unpaired) electrons. The third kappa shape index (κ3) is 4.08. The lowest BCUT2D eigenvalue weighted by atomic mass is 9.93. The molecule has 5 aromatic rings. The average molecular weight is 451 g/mol. The number of alkyl halides is 1. The number of fused-ring (bicyclic) bond motifs is 2. The predicted molar refractivity (Wildman–Crippen MR) is 133 cm³/mol. The predicted octanol–water partition coefficient (Wildman–Crippen LogP) is 6.33. The fourth-order valence-corrected chi connectivity index (χ4v) is 4.41. The molecule has 0 aliphatic heterocycles. The van der Waals surface area contributed by atoms with Gasteiger partial charge in [-0.25, -0.2) is 9.37 Å². The molecule has 6 nitrogen and oxygen atoms in total. The summed E-state index contributed by atoms with van der Waals surface area (Å²) < 4.78 is 14.0. The Bertz CT molecular complexity index is 1450. The number of hydrogen-bond donors (Lipinski definition) is 3. The van der Waals surface area contributed by atoms with Crippen LogP contribution in [0.2, 0.25) is 0 Å². The van der Waals surface area contributed by atoms with E-state index in [4.69, 9.17) is 4.98 Å². The third-order valence-electron chi connectivity index (χ3n) is 6.15. The zero-order valence-electron chi connectivity index (χ0n) is 18.4. The van der Waals surface area contributed by atoms with Crippen molar-refractivity contribution in [2.24, 2.45) is 0 Å². The minimum atomic E-state index is -0.798. The van der Waals surface area contributed by atoms with Gasteiger partial charge < -0.3 is 15.6 Å². The molecule has 2 aromatic carbocycles. The molecule has 0 spiro atoms. The Balaban J connectivity index is 1.22. The first-order chi connectivity index (χ1) is 16.7. The van der Waals surface area contributed by atoms with Crippen LogP contribution in [0.1, 0.15) is 17.7 Å². The number of hydrogen-bond acceptors (Lipinski definition) is 5. The molecule has 0 amide bonds. The molecule has 0 bridgehead atoms. The Kier molecular flexibility index (Phi) is 5.14. The number of benzene rings is 2. The van der Waals surface area contributed by atoms with Crippen LogP contribution in [0.4, 0.5) is 27.1 Å². The van der Waals surface area contributed by atoms with E-state index in [2.05, 4.69) is 25.6 Å². The van der Waals surface area contributed by atoms with Gasteiger partial charge in [-0.05, 0) is 79.1 Å². The van der Waals surface area contributed by atoms with Crippen molar-refractivity contribution in [1.29, 1.82) is 0 Å². The van der Waals surface area contributed by atoms with Gasteiger partial charge in [-0.2, -0.15) is 0 Å². The first-order valence-electron chi connectivity index (χ1n) is 11.4. The Hall–Kier alpha value is -4.26. The first-order valence-corrected chi connectivity index (χ1v) is 11.4. The topological polar surface area (TPSA) is 78.5 Å². The van der Waals surface area contributed by atoms with Crippen LogP contribution < -0.4 is 10.6 Å². The quantitative estimate of drug-likeness (QED) is 0.291. The van der Waals surface area contributed by atoms with Gasteiger partial charge in [-0.3, -0.25) is 9.97 Å². The van der Waals surface area contributed by atoms with Gasteiger partial charge in [0.25, 0.3) is 0 Å². The van der Waals surface area contributed by atoms with Crippen molar-refractivity contribution >= 4 is 33.8 Å². The van der Waals surface area contributed by atoms with Crippen molar-refractivity contribution in [1.82, 2.24) is 19.9 Å². The average Bonchev–Trinajstić information content (AvgIpc) is 3.29. The highest BCUT2D eigenvalue weighted by molar-refractivity contribution is 5.84. The number of nitrogens with one attached hydrogen (secondary N) is 3. The maximum absolute atomic E-state index is 14.0. The highest BCUT2D eigenvalue weighted by Crippen LogP contribution is 2.31. The first kappa shape index (κ1) is 20.4. The van der Waals surface area contributed by atoms with E-state index < -0.39 is 6.17 Å². The van der Waals surface area contributed by atoms with Crippen LogP contribution in [0.5, 0.6) is 0 Å². The number of nitrogens with zero attached hydrogens (tertiary/aromatic N) is 3. The number of rotatable bonds is 5. The fourth-order valence-electron chi connectivity index (χ4n) is 4.41. The van der Waals surface area contributed by atoms with Gasteiger partial charge >= 0.3 is 0 Å². The Labute approximate surface area is 196 Å². The maximum Gasteiger partial charge on any atom is 0.138 e. The SMILES string of the molecule is FC1CCc2nccc(Nc3ccc(-c4nc5ccc(Nc6ccncc6)cc5[nH]4)cc3)c2C1. The molecule has 6 rings (SSSR count). The van der Waals surface area contributed by atoms with Gasteiger partial charge in [0.1, 0.15) is 12.0 Å². The molecule has 34 heavy (non-hydrogen) atoms. The number of aryl methyl sites for hydroxylation is 1. The van der Waals surface area contributed by atoms with E-state index in [1.165, 1.54) is 0 Å². The molecule has 1 unspecified atom stereocenters. The van der Waals surface area contributed by atoms with Gasteiger partial charge in [0, 0.05) is 59.0 Å². The molecular formula is C27H23FN6. The summed E-state index contributed by atoms with van der Waals surface area (Å²) in [6.45, 7) is 0. The van der Waals surface area contributed by atoms with Crippen LogP contribution in [0.3, 0.4) is 0 Å². The molecule has 3 N–H and O–H groups in total. The van der Waals surface area contributed by atoms with Crippen LogP contribution in [-0.2, 0) is 12.8 Å². The number of pyridine rings is 2. The Morgan fingerprint density at radius 3 is 2.50 bits per heavy atom. The molecule has 1 atom stereocenters. The smallest absolute Gasteiger partial charge is 0.138 e. The number of imidazole rings is 1. The van der Waals surface area contributed by atoms with Crippen molar-refractivity contribution < 1.29 is 4.39 Å². The zero-order chi connectivity index (χ0) is 22.9. The molecule has 168 valence electrons. The summed E-state index contributed by atoms with van der Waals surface area (Å²) in [6.07, 6.45) is 6.17. The minimum Gasteiger partial charge on any atom is -0.355 e. The normalized spacial score (nSPS) is 15.1.